The van der Waals surface area contributed by atoms with Crippen LogP contribution in [0.3, 0.4) is 0 Å². The molecule has 32 heavy (non-hydrogen) atoms. The minimum atomic E-state index is -1.66. The molecule has 0 saturated carbocycles. The maximum absolute atomic E-state index is 14.9. The summed E-state index contributed by atoms with van der Waals surface area (Å²) in [5, 5.41) is 3.08. The lowest BCUT2D eigenvalue weighted by atomic mass is 9.98. The van der Waals surface area contributed by atoms with Gasteiger partial charge in [0, 0.05) is 25.2 Å². The van der Waals surface area contributed by atoms with Gasteiger partial charge in [-0.15, -0.1) is 0 Å². The van der Waals surface area contributed by atoms with Crippen LogP contribution in [0.25, 0.3) is 0 Å². The summed E-state index contributed by atoms with van der Waals surface area (Å²) < 4.78 is 45.5. The number of nitrogens with zero attached hydrogens (tertiary/aromatic N) is 1. The van der Waals surface area contributed by atoms with Gasteiger partial charge < -0.3 is 19.5 Å². The van der Waals surface area contributed by atoms with Gasteiger partial charge in [0.25, 0.3) is 0 Å². The molecular formula is C24H22F2N2O4. The van der Waals surface area contributed by atoms with Crippen molar-refractivity contribution in [3.8, 4) is 11.5 Å². The summed E-state index contributed by atoms with van der Waals surface area (Å²) in [6, 6.07) is 17.7. The molecule has 1 aliphatic heterocycles. The molecule has 3 aromatic rings. The second-order valence-electron chi connectivity index (χ2n) is 7.24. The lowest BCUT2D eigenvalue weighted by molar-refractivity contribution is 0.0285. The number of carbonyl (C=O) groups is 1. The molecule has 1 heterocycles. The van der Waals surface area contributed by atoms with Crippen molar-refractivity contribution in [3.63, 3.8) is 0 Å². The minimum Gasteiger partial charge on any atom is -0.454 e. The van der Waals surface area contributed by atoms with Gasteiger partial charge in [0.15, 0.2) is 23.1 Å². The van der Waals surface area contributed by atoms with Gasteiger partial charge in [-0.1, -0.05) is 31.2 Å². The predicted octanol–water partition coefficient (Wildman–Crippen LogP) is 5.64. The van der Waals surface area contributed by atoms with Crippen LogP contribution in [0.15, 0.2) is 66.7 Å². The van der Waals surface area contributed by atoms with E-state index < -0.39 is 23.5 Å². The SMILES string of the molecule is CCC(Nc1ccccc1)(OC(=O)N(C)c1ccc2c(c1)OCO2)c1cccc(F)c1F. The monoisotopic (exact) mass is 440 g/mol. The Morgan fingerprint density at radius 1 is 1.06 bits per heavy atom. The van der Waals surface area contributed by atoms with Gasteiger partial charge in [-0.2, -0.15) is 0 Å². The van der Waals surface area contributed by atoms with Crippen molar-refractivity contribution in [3.05, 3.63) is 83.9 Å². The van der Waals surface area contributed by atoms with E-state index in [4.69, 9.17) is 14.2 Å². The maximum atomic E-state index is 14.9. The van der Waals surface area contributed by atoms with Gasteiger partial charge in [-0.05, 0) is 36.4 Å². The van der Waals surface area contributed by atoms with Crippen LogP contribution in [0.4, 0.5) is 25.0 Å². The summed E-state index contributed by atoms with van der Waals surface area (Å²) in [6.07, 6.45) is -0.638. The maximum Gasteiger partial charge on any atom is 0.416 e. The molecule has 1 atom stereocenters. The van der Waals surface area contributed by atoms with Gasteiger partial charge in [-0.3, -0.25) is 4.90 Å². The Morgan fingerprint density at radius 2 is 1.81 bits per heavy atom. The average Bonchev–Trinajstić information content (AvgIpc) is 3.28. The van der Waals surface area contributed by atoms with Crippen molar-refractivity contribution in [2.24, 2.45) is 0 Å². The second kappa shape index (κ2) is 8.74. The second-order valence-corrected chi connectivity index (χ2v) is 7.24. The number of anilines is 2. The lowest BCUT2D eigenvalue weighted by Gasteiger charge is -2.36. The number of amides is 1. The molecular weight excluding hydrogens is 418 g/mol. The Labute approximate surface area is 184 Å². The molecule has 1 amide bonds. The molecule has 6 nitrogen and oxygen atoms in total. The third-order valence-electron chi connectivity index (χ3n) is 5.28. The normalized spacial score (nSPS) is 13.9. The molecule has 166 valence electrons. The van der Waals surface area contributed by atoms with Crippen LogP contribution in [0, 0.1) is 11.6 Å². The molecule has 1 unspecified atom stereocenters. The highest BCUT2D eigenvalue weighted by Crippen LogP contribution is 2.37. The van der Waals surface area contributed by atoms with Gasteiger partial charge in [-0.25, -0.2) is 13.6 Å². The van der Waals surface area contributed by atoms with Crippen LogP contribution < -0.4 is 19.7 Å². The fourth-order valence-corrected chi connectivity index (χ4v) is 3.49. The molecule has 0 aromatic heterocycles. The van der Waals surface area contributed by atoms with Crippen molar-refractivity contribution >= 4 is 17.5 Å². The van der Waals surface area contributed by atoms with Crippen molar-refractivity contribution in [2.75, 3.05) is 24.1 Å². The summed E-state index contributed by atoms with van der Waals surface area (Å²) in [7, 11) is 1.52. The summed E-state index contributed by atoms with van der Waals surface area (Å²) in [5.74, 6) is -1.04. The highest BCUT2D eigenvalue weighted by Gasteiger charge is 2.39. The Hall–Kier alpha value is -3.81. The summed E-state index contributed by atoms with van der Waals surface area (Å²) in [4.78, 5) is 14.4. The quantitative estimate of drug-likeness (QED) is 0.503. The van der Waals surface area contributed by atoms with E-state index in [-0.39, 0.29) is 18.8 Å². The summed E-state index contributed by atoms with van der Waals surface area (Å²) in [5.41, 5.74) is -0.702. The summed E-state index contributed by atoms with van der Waals surface area (Å²) >= 11 is 0. The van der Waals surface area contributed by atoms with Crippen molar-refractivity contribution < 1.29 is 27.8 Å². The molecule has 1 N–H and O–H groups in total. The number of carbonyl (C=O) groups excluding carboxylic acids is 1. The third-order valence-corrected chi connectivity index (χ3v) is 5.28. The highest BCUT2D eigenvalue weighted by atomic mass is 19.2. The topological polar surface area (TPSA) is 60.0 Å². The van der Waals surface area contributed by atoms with Crippen LogP contribution in [-0.4, -0.2) is 19.9 Å². The standard InChI is InChI=1S/C24H22F2N2O4/c1-3-24(27-16-8-5-4-6-9-16,18-10-7-11-19(25)22(18)26)32-23(29)28(2)17-12-13-20-21(14-17)31-15-30-20/h4-14,27H,3,15H2,1-2H3. The number of hydrogen-bond donors (Lipinski definition) is 1. The molecule has 0 bridgehead atoms. The van der Waals surface area contributed by atoms with Gasteiger partial charge in [0.05, 0.1) is 11.3 Å². The number of nitrogens with one attached hydrogen (secondary N) is 1. The molecule has 0 spiro atoms. The fraction of sp³-hybridized carbons (Fsp3) is 0.208. The minimum absolute atomic E-state index is 0.103. The molecule has 0 saturated heterocycles. The fourth-order valence-electron chi connectivity index (χ4n) is 3.49. The first-order valence-corrected chi connectivity index (χ1v) is 10.1. The van der Waals surface area contributed by atoms with Crippen LogP contribution in [0.2, 0.25) is 0 Å². The number of halogens is 2. The lowest BCUT2D eigenvalue weighted by Crippen LogP contribution is -2.44. The van der Waals surface area contributed by atoms with Crippen molar-refractivity contribution in [2.45, 2.75) is 19.1 Å². The first kappa shape index (κ1) is 21.4. The van der Waals surface area contributed by atoms with E-state index in [1.165, 1.54) is 24.1 Å². The third kappa shape index (κ3) is 4.03. The Bertz CT molecular complexity index is 1130. The van der Waals surface area contributed by atoms with E-state index >= 15 is 0 Å². The van der Waals surface area contributed by atoms with E-state index in [2.05, 4.69) is 5.32 Å². The number of rotatable bonds is 6. The smallest absolute Gasteiger partial charge is 0.416 e. The van der Waals surface area contributed by atoms with Gasteiger partial charge >= 0.3 is 6.09 Å². The summed E-state index contributed by atoms with van der Waals surface area (Å²) in [6.45, 7) is 1.82. The molecule has 0 aliphatic carbocycles. The largest absolute Gasteiger partial charge is 0.454 e. The van der Waals surface area contributed by atoms with Crippen LogP contribution >= 0.6 is 0 Å². The van der Waals surface area contributed by atoms with E-state index in [0.717, 1.165) is 6.07 Å². The number of fused-ring (bicyclic) bond motifs is 1. The molecule has 1 aliphatic rings. The highest BCUT2D eigenvalue weighted by molar-refractivity contribution is 5.88. The number of hydrogen-bond acceptors (Lipinski definition) is 5. The molecule has 0 radical (unpaired) electrons. The van der Waals surface area contributed by atoms with Crippen LogP contribution in [0.5, 0.6) is 11.5 Å². The zero-order valence-electron chi connectivity index (χ0n) is 17.6. The zero-order valence-corrected chi connectivity index (χ0v) is 17.6. The molecule has 4 rings (SSSR count). The van der Waals surface area contributed by atoms with E-state index in [1.54, 1.807) is 49.4 Å². The zero-order chi connectivity index (χ0) is 22.7. The number of ether oxygens (including phenoxy) is 3. The van der Waals surface area contributed by atoms with Crippen molar-refractivity contribution in [1.82, 2.24) is 0 Å². The number of benzene rings is 3. The van der Waals surface area contributed by atoms with Crippen LogP contribution in [0.1, 0.15) is 18.9 Å². The average molecular weight is 440 g/mol. The van der Waals surface area contributed by atoms with Gasteiger partial charge in [0.1, 0.15) is 0 Å². The molecule has 8 heteroatoms. The molecule has 0 fully saturated rings. The Morgan fingerprint density at radius 3 is 2.56 bits per heavy atom. The van der Waals surface area contributed by atoms with Crippen LogP contribution in [-0.2, 0) is 10.5 Å². The first-order chi connectivity index (χ1) is 15.4. The predicted molar refractivity (Wildman–Crippen MR) is 116 cm³/mol. The van der Waals surface area contributed by atoms with E-state index in [1.807, 2.05) is 6.07 Å². The van der Waals surface area contributed by atoms with E-state index in [9.17, 15) is 13.6 Å². The molecule has 3 aromatic carbocycles. The number of para-hydroxylation sites is 1. The van der Waals surface area contributed by atoms with E-state index in [0.29, 0.717) is 22.9 Å². The Balaban J connectivity index is 1.69. The first-order valence-electron chi connectivity index (χ1n) is 10.1. The van der Waals surface area contributed by atoms with Crippen molar-refractivity contribution in [1.29, 1.82) is 0 Å². The van der Waals surface area contributed by atoms with Gasteiger partial charge in [0.2, 0.25) is 12.5 Å². The Kier molecular flexibility index (Phi) is 5.85.